The second kappa shape index (κ2) is 4.33. The maximum absolute atomic E-state index is 11.6. The number of benzene rings is 1. The predicted octanol–water partition coefficient (Wildman–Crippen LogP) is 3.35. The smallest absolute Gasteiger partial charge is 0.224 e. The molecule has 0 saturated carbocycles. The molecule has 1 aromatic rings. The summed E-state index contributed by atoms with van der Waals surface area (Å²) in [5.41, 5.74) is 0.503. The zero-order valence-electron chi connectivity index (χ0n) is 8.90. The maximum Gasteiger partial charge on any atom is 0.224 e. The Bertz CT molecular complexity index is 439. The average Bonchev–Trinajstić information content (AvgIpc) is 2.95. The van der Waals surface area contributed by atoms with Crippen molar-refractivity contribution in [2.75, 3.05) is 5.32 Å². The fourth-order valence-electron chi connectivity index (χ4n) is 1.33. The standard InChI is InChI=1S/C11H12BrN3O/c1-11(14-15-11)6-5-10(16)13-9-4-2-3-8(12)7-9/h2-4,7H,5-6H2,1H3,(H,13,16). The summed E-state index contributed by atoms with van der Waals surface area (Å²) in [6, 6.07) is 7.52. The van der Waals surface area contributed by atoms with Gasteiger partial charge in [0.15, 0.2) is 5.66 Å². The summed E-state index contributed by atoms with van der Waals surface area (Å²) in [7, 11) is 0. The summed E-state index contributed by atoms with van der Waals surface area (Å²) in [5.74, 6) is -0.00312. The molecule has 0 fully saturated rings. The molecule has 0 spiro atoms. The second-order valence-corrected chi connectivity index (χ2v) is 4.89. The minimum Gasteiger partial charge on any atom is -0.326 e. The number of carbonyl (C=O) groups is 1. The predicted molar refractivity (Wildman–Crippen MR) is 65.3 cm³/mol. The van der Waals surface area contributed by atoms with E-state index in [0.717, 1.165) is 10.2 Å². The number of amides is 1. The van der Waals surface area contributed by atoms with Gasteiger partial charge in [-0.3, -0.25) is 4.79 Å². The van der Waals surface area contributed by atoms with Gasteiger partial charge in [-0.25, -0.2) is 0 Å². The zero-order chi connectivity index (χ0) is 11.6. The van der Waals surface area contributed by atoms with Crippen molar-refractivity contribution in [1.82, 2.24) is 0 Å². The van der Waals surface area contributed by atoms with E-state index in [1.54, 1.807) is 0 Å². The summed E-state index contributed by atoms with van der Waals surface area (Å²) >= 11 is 3.35. The molecule has 1 N–H and O–H groups in total. The third-order valence-electron chi connectivity index (χ3n) is 2.38. The van der Waals surface area contributed by atoms with Crippen LogP contribution in [0.25, 0.3) is 0 Å². The zero-order valence-corrected chi connectivity index (χ0v) is 10.5. The van der Waals surface area contributed by atoms with Crippen LogP contribution in [0.5, 0.6) is 0 Å². The molecule has 0 bridgehead atoms. The maximum atomic E-state index is 11.6. The topological polar surface area (TPSA) is 53.8 Å². The molecule has 0 unspecified atom stereocenters. The number of halogens is 1. The van der Waals surface area contributed by atoms with E-state index in [1.165, 1.54) is 0 Å². The highest BCUT2D eigenvalue weighted by Gasteiger charge is 2.33. The number of hydrogen-bond acceptors (Lipinski definition) is 3. The van der Waals surface area contributed by atoms with Gasteiger partial charge in [0, 0.05) is 23.0 Å². The van der Waals surface area contributed by atoms with Gasteiger partial charge >= 0.3 is 0 Å². The van der Waals surface area contributed by atoms with Crippen LogP contribution in [0.15, 0.2) is 39.0 Å². The van der Waals surface area contributed by atoms with Crippen LogP contribution in [0.1, 0.15) is 19.8 Å². The van der Waals surface area contributed by atoms with Gasteiger partial charge in [-0.1, -0.05) is 22.0 Å². The van der Waals surface area contributed by atoms with E-state index in [9.17, 15) is 4.79 Å². The Balaban J connectivity index is 1.82. The van der Waals surface area contributed by atoms with Crippen LogP contribution in [0.3, 0.4) is 0 Å². The van der Waals surface area contributed by atoms with Gasteiger partial charge in [0.25, 0.3) is 0 Å². The van der Waals surface area contributed by atoms with E-state index < -0.39 is 0 Å². The van der Waals surface area contributed by atoms with Crippen LogP contribution in [0, 0.1) is 0 Å². The number of nitrogens with one attached hydrogen (secondary N) is 1. The molecular weight excluding hydrogens is 270 g/mol. The number of carbonyl (C=O) groups excluding carboxylic acids is 1. The van der Waals surface area contributed by atoms with E-state index in [4.69, 9.17) is 0 Å². The lowest BCUT2D eigenvalue weighted by atomic mass is 10.1. The highest BCUT2D eigenvalue weighted by Crippen LogP contribution is 2.32. The third-order valence-corrected chi connectivity index (χ3v) is 2.87. The molecule has 1 aliphatic heterocycles. The molecule has 0 aliphatic carbocycles. The Hall–Kier alpha value is -1.23. The number of hydrogen-bond donors (Lipinski definition) is 1. The van der Waals surface area contributed by atoms with Gasteiger partial charge in [0.1, 0.15) is 0 Å². The van der Waals surface area contributed by atoms with E-state index in [0.29, 0.717) is 12.8 Å². The molecule has 0 radical (unpaired) electrons. The molecule has 0 saturated heterocycles. The van der Waals surface area contributed by atoms with Gasteiger partial charge < -0.3 is 5.32 Å². The van der Waals surface area contributed by atoms with E-state index >= 15 is 0 Å². The molecular formula is C11H12BrN3O. The van der Waals surface area contributed by atoms with Crippen molar-refractivity contribution in [2.24, 2.45) is 10.2 Å². The molecule has 1 aliphatic rings. The summed E-state index contributed by atoms with van der Waals surface area (Å²) in [5, 5.41) is 10.6. The van der Waals surface area contributed by atoms with Crippen molar-refractivity contribution in [3.8, 4) is 0 Å². The molecule has 16 heavy (non-hydrogen) atoms. The Labute approximate surface area is 102 Å². The summed E-state index contributed by atoms with van der Waals surface area (Å²) in [6.45, 7) is 1.92. The highest BCUT2D eigenvalue weighted by atomic mass is 79.9. The quantitative estimate of drug-likeness (QED) is 0.904. The van der Waals surface area contributed by atoms with Crippen molar-refractivity contribution >= 4 is 27.5 Å². The largest absolute Gasteiger partial charge is 0.326 e. The second-order valence-electron chi connectivity index (χ2n) is 3.98. The van der Waals surface area contributed by atoms with Crippen molar-refractivity contribution in [3.05, 3.63) is 28.7 Å². The van der Waals surface area contributed by atoms with Gasteiger partial charge in [-0.05, 0) is 25.1 Å². The molecule has 4 nitrogen and oxygen atoms in total. The van der Waals surface area contributed by atoms with E-state index in [2.05, 4.69) is 31.5 Å². The molecule has 1 aromatic carbocycles. The Morgan fingerprint density at radius 2 is 2.25 bits per heavy atom. The van der Waals surface area contributed by atoms with Crippen molar-refractivity contribution in [1.29, 1.82) is 0 Å². The molecule has 1 heterocycles. The van der Waals surface area contributed by atoms with Crippen LogP contribution in [0.4, 0.5) is 5.69 Å². The highest BCUT2D eigenvalue weighted by molar-refractivity contribution is 9.10. The molecule has 84 valence electrons. The normalized spacial score (nSPS) is 15.9. The van der Waals surface area contributed by atoms with Gasteiger partial charge in [-0.2, -0.15) is 10.2 Å². The monoisotopic (exact) mass is 281 g/mol. The number of anilines is 1. The lowest BCUT2D eigenvalue weighted by Gasteiger charge is -2.06. The van der Waals surface area contributed by atoms with Gasteiger partial charge in [0.2, 0.25) is 5.91 Å². The van der Waals surface area contributed by atoms with Gasteiger partial charge in [-0.15, -0.1) is 0 Å². The SMILES string of the molecule is CC1(CCC(=O)Nc2cccc(Br)c2)N=N1. The summed E-state index contributed by atoms with van der Waals surface area (Å²) < 4.78 is 0.949. The minimum absolute atomic E-state index is 0.00312. The molecule has 5 heteroatoms. The first-order valence-corrected chi connectivity index (χ1v) is 5.86. The fraction of sp³-hybridized carbons (Fsp3) is 0.364. The van der Waals surface area contributed by atoms with Crippen molar-refractivity contribution in [2.45, 2.75) is 25.4 Å². The summed E-state index contributed by atoms with van der Waals surface area (Å²) in [4.78, 5) is 11.6. The fourth-order valence-corrected chi connectivity index (χ4v) is 1.72. The Morgan fingerprint density at radius 3 is 2.88 bits per heavy atom. The first kappa shape index (κ1) is 11.3. The molecule has 0 atom stereocenters. The van der Waals surface area contributed by atoms with Crippen molar-refractivity contribution < 1.29 is 4.79 Å². The van der Waals surface area contributed by atoms with Crippen LogP contribution in [0.2, 0.25) is 0 Å². The molecule has 2 rings (SSSR count). The Morgan fingerprint density at radius 1 is 1.50 bits per heavy atom. The number of nitrogens with zero attached hydrogens (tertiary/aromatic N) is 2. The van der Waals surface area contributed by atoms with Crippen LogP contribution >= 0.6 is 15.9 Å². The Kier molecular flexibility index (Phi) is 3.05. The molecule has 0 aromatic heterocycles. The lowest BCUT2D eigenvalue weighted by molar-refractivity contribution is -0.116. The molecule has 1 amide bonds. The lowest BCUT2D eigenvalue weighted by Crippen LogP contribution is -2.15. The average molecular weight is 282 g/mol. The number of rotatable bonds is 4. The van der Waals surface area contributed by atoms with E-state index in [1.807, 2.05) is 31.2 Å². The minimum atomic E-state index is -0.297. The third kappa shape index (κ3) is 3.13. The first-order valence-electron chi connectivity index (χ1n) is 5.07. The van der Waals surface area contributed by atoms with Gasteiger partial charge in [0.05, 0.1) is 0 Å². The van der Waals surface area contributed by atoms with E-state index in [-0.39, 0.29) is 11.6 Å². The van der Waals surface area contributed by atoms with Crippen molar-refractivity contribution in [3.63, 3.8) is 0 Å². The first-order chi connectivity index (χ1) is 7.57. The van der Waals surface area contributed by atoms with Crippen LogP contribution < -0.4 is 5.32 Å². The summed E-state index contributed by atoms with van der Waals surface area (Å²) in [6.07, 6.45) is 1.11. The van der Waals surface area contributed by atoms with Crippen LogP contribution in [-0.2, 0) is 4.79 Å². The van der Waals surface area contributed by atoms with Crippen LogP contribution in [-0.4, -0.2) is 11.6 Å².